The molecule has 0 aliphatic rings. The third-order valence-electron chi connectivity index (χ3n) is 4.85. The van der Waals surface area contributed by atoms with Crippen LogP contribution in [0.15, 0.2) is 77.6 Å². The van der Waals surface area contributed by atoms with Crippen LogP contribution in [0.4, 0.5) is 11.6 Å². The van der Waals surface area contributed by atoms with Gasteiger partial charge < -0.3 is 10.1 Å². The average Bonchev–Trinajstić information content (AvgIpc) is 2.80. The predicted octanol–water partition coefficient (Wildman–Crippen LogP) is 4.71. The molecule has 1 N–H and O–H groups in total. The van der Waals surface area contributed by atoms with Gasteiger partial charge in [-0.3, -0.25) is 4.79 Å². The van der Waals surface area contributed by atoms with E-state index in [1.807, 2.05) is 36.4 Å². The van der Waals surface area contributed by atoms with Crippen molar-refractivity contribution in [3.05, 3.63) is 88.2 Å². The van der Waals surface area contributed by atoms with Gasteiger partial charge >= 0.3 is 0 Å². The summed E-state index contributed by atoms with van der Waals surface area (Å²) >= 11 is 6.00. The molecular weight excluding hydrogens is 414 g/mol. The molecule has 5 rings (SSSR count). The molecule has 0 atom stereocenters. The molecule has 2 aromatic heterocycles. The summed E-state index contributed by atoms with van der Waals surface area (Å²) in [6, 6.07) is 21.8. The second kappa shape index (κ2) is 7.70. The molecule has 0 fully saturated rings. The number of methoxy groups -OCH3 is 1. The van der Waals surface area contributed by atoms with Gasteiger partial charge in [0.15, 0.2) is 11.3 Å². The first-order chi connectivity index (χ1) is 15.1. The fraction of sp³-hybridized carbons (Fsp3) is 0.0435. The van der Waals surface area contributed by atoms with Crippen LogP contribution in [-0.2, 0) is 0 Å². The van der Waals surface area contributed by atoms with Crippen molar-refractivity contribution in [3.63, 3.8) is 0 Å². The van der Waals surface area contributed by atoms with Crippen molar-refractivity contribution in [2.75, 3.05) is 12.4 Å². The molecule has 0 aliphatic heterocycles. The molecule has 0 aliphatic carbocycles. The molecule has 0 saturated heterocycles. The van der Waals surface area contributed by atoms with Gasteiger partial charge in [0, 0.05) is 21.7 Å². The maximum Gasteiger partial charge on any atom is 0.300 e. The highest BCUT2D eigenvalue weighted by Gasteiger charge is 2.15. The standard InChI is InChI=1S/C23H16ClN5O2/c1-31-17-12-6-14(7-13-17)20-22(30)27-21-18-4-2-3-5-19(18)26-23(29(21)28-20)25-16-10-8-15(24)9-11-16/h2-13H,1H3,(H,25,26). The summed E-state index contributed by atoms with van der Waals surface area (Å²) in [5, 5.41) is 9.23. The molecule has 0 unspecified atom stereocenters. The van der Waals surface area contributed by atoms with Crippen LogP contribution in [0.3, 0.4) is 0 Å². The van der Waals surface area contributed by atoms with Crippen molar-refractivity contribution in [1.29, 1.82) is 0 Å². The molecule has 8 heteroatoms. The number of hydrogen-bond donors (Lipinski definition) is 1. The fourth-order valence-electron chi connectivity index (χ4n) is 3.30. The van der Waals surface area contributed by atoms with Crippen LogP contribution >= 0.6 is 11.6 Å². The van der Waals surface area contributed by atoms with Gasteiger partial charge in [0.1, 0.15) is 5.75 Å². The van der Waals surface area contributed by atoms with Gasteiger partial charge in [0.2, 0.25) is 5.95 Å². The fourth-order valence-corrected chi connectivity index (χ4v) is 3.43. The van der Waals surface area contributed by atoms with Crippen molar-refractivity contribution in [2.24, 2.45) is 0 Å². The molecule has 0 spiro atoms. The average molecular weight is 430 g/mol. The van der Waals surface area contributed by atoms with E-state index in [9.17, 15) is 4.79 Å². The highest BCUT2D eigenvalue weighted by atomic mass is 35.5. The van der Waals surface area contributed by atoms with E-state index in [4.69, 9.17) is 21.3 Å². The number of aromatic nitrogens is 4. The molecule has 0 saturated carbocycles. The number of benzene rings is 3. The number of nitrogens with one attached hydrogen (secondary N) is 1. The summed E-state index contributed by atoms with van der Waals surface area (Å²) in [7, 11) is 1.59. The van der Waals surface area contributed by atoms with Crippen LogP contribution in [0.2, 0.25) is 5.02 Å². The quantitative estimate of drug-likeness (QED) is 0.417. The molecule has 7 nitrogen and oxygen atoms in total. The number of fused-ring (bicyclic) bond motifs is 3. The maximum absolute atomic E-state index is 12.9. The number of ether oxygens (including phenoxy) is 1. The van der Waals surface area contributed by atoms with Crippen LogP contribution in [0.25, 0.3) is 27.8 Å². The summed E-state index contributed by atoms with van der Waals surface area (Å²) in [6.07, 6.45) is 0. The van der Waals surface area contributed by atoms with E-state index >= 15 is 0 Å². The zero-order chi connectivity index (χ0) is 21.4. The third-order valence-corrected chi connectivity index (χ3v) is 5.10. The van der Waals surface area contributed by atoms with Gasteiger partial charge in [0.05, 0.1) is 12.6 Å². The molecule has 2 heterocycles. The van der Waals surface area contributed by atoms with Crippen LogP contribution in [0.5, 0.6) is 5.75 Å². The van der Waals surface area contributed by atoms with Crippen LogP contribution in [0.1, 0.15) is 0 Å². The van der Waals surface area contributed by atoms with Crippen molar-refractivity contribution in [3.8, 4) is 17.0 Å². The van der Waals surface area contributed by atoms with E-state index < -0.39 is 5.56 Å². The second-order valence-corrected chi connectivity index (χ2v) is 7.25. The Bertz CT molecular complexity index is 1460. The number of anilines is 2. The number of nitrogens with zero attached hydrogens (tertiary/aromatic N) is 4. The summed E-state index contributed by atoms with van der Waals surface area (Å²) in [5.41, 5.74) is 2.34. The first-order valence-electron chi connectivity index (χ1n) is 9.49. The van der Waals surface area contributed by atoms with E-state index in [1.54, 1.807) is 48.0 Å². The monoisotopic (exact) mass is 429 g/mol. The van der Waals surface area contributed by atoms with Crippen molar-refractivity contribution in [2.45, 2.75) is 0 Å². The Kier molecular flexibility index (Phi) is 4.72. The zero-order valence-corrected chi connectivity index (χ0v) is 17.2. The SMILES string of the molecule is COc1ccc(-c2nn3c(Nc4ccc(Cl)cc4)nc4ccccc4c3nc2=O)cc1. The first-order valence-corrected chi connectivity index (χ1v) is 9.87. The number of para-hydroxylation sites is 1. The summed E-state index contributed by atoms with van der Waals surface area (Å²) in [5.74, 6) is 1.12. The topological polar surface area (TPSA) is 81.4 Å². The lowest BCUT2D eigenvalue weighted by Gasteiger charge is -2.13. The van der Waals surface area contributed by atoms with Gasteiger partial charge in [-0.05, 0) is 60.7 Å². The predicted molar refractivity (Wildman–Crippen MR) is 121 cm³/mol. The lowest BCUT2D eigenvalue weighted by Crippen LogP contribution is -2.18. The van der Waals surface area contributed by atoms with E-state index in [0.717, 1.165) is 11.1 Å². The first kappa shape index (κ1) is 19.0. The molecule has 3 aromatic carbocycles. The molecule has 0 bridgehead atoms. The third kappa shape index (κ3) is 3.55. The van der Waals surface area contributed by atoms with E-state index in [2.05, 4.69) is 15.4 Å². The van der Waals surface area contributed by atoms with Gasteiger partial charge in [0.25, 0.3) is 5.56 Å². The van der Waals surface area contributed by atoms with Crippen molar-refractivity contribution < 1.29 is 4.74 Å². The molecule has 31 heavy (non-hydrogen) atoms. The highest BCUT2D eigenvalue weighted by Crippen LogP contribution is 2.24. The van der Waals surface area contributed by atoms with Crippen LogP contribution in [-0.4, -0.2) is 26.7 Å². The Hall–Kier alpha value is -3.97. The number of rotatable bonds is 4. The normalized spacial score (nSPS) is 11.0. The summed E-state index contributed by atoms with van der Waals surface area (Å²) in [6.45, 7) is 0. The highest BCUT2D eigenvalue weighted by molar-refractivity contribution is 6.30. The van der Waals surface area contributed by atoms with Crippen LogP contribution in [0, 0.1) is 0 Å². The van der Waals surface area contributed by atoms with Gasteiger partial charge in [-0.15, -0.1) is 0 Å². The maximum atomic E-state index is 12.9. The Morgan fingerprint density at radius 3 is 2.42 bits per heavy atom. The largest absolute Gasteiger partial charge is 0.497 e. The molecule has 0 amide bonds. The minimum Gasteiger partial charge on any atom is -0.497 e. The Morgan fingerprint density at radius 2 is 1.68 bits per heavy atom. The van der Waals surface area contributed by atoms with Gasteiger partial charge in [-0.1, -0.05) is 23.7 Å². The number of halogens is 1. The van der Waals surface area contributed by atoms with Crippen LogP contribution < -0.4 is 15.6 Å². The smallest absolute Gasteiger partial charge is 0.300 e. The van der Waals surface area contributed by atoms with Gasteiger partial charge in [-0.2, -0.15) is 14.6 Å². The lowest BCUT2D eigenvalue weighted by molar-refractivity contribution is 0.415. The van der Waals surface area contributed by atoms with E-state index in [-0.39, 0.29) is 5.69 Å². The second-order valence-electron chi connectivity index (χ2n) is 6.81. The Balaban J connectivity index is 1.74. The molecular formula is C23H16ClN5O2. The summed E-state index contributed by atoms with van der Waals surface area (Å²) < 4.78 is 6.75. The molecule has 152 valence electrons. The van der Waals surface area contributed by atoms with Gasteiger partial charge in [-0.25, -0.2) is 4.98 Å². The summed E-state index contributed by atoms with van der Waals surface area (Å²) in [4.78, 5) is 21.9. The van der Waals surface area contributed by atoms with E-state index in [0.29, 0.717) is 33.4 Å². The number of hydrogen-bond acceptors (Lipinski definition) is 6. The minimum atomic E-state index is -0.418. The Morgan fingerprint density at radius 1 is 0.935 bits per heavy atom. The van der Waals surface area contributed by atoms with Crippen molar-refractivity contribution in [1.82, 2.24) is 19.6 Å². The Labute approximate surface area is 181 Å². The van der Waals surface area contributed by atoms with E-state index in [1.165, 1.54) is 0 Å². The minimum absolute atomic E-state index is 0.219. The van der Waals surface area contributed by atoms with Crippen molar-refractivity contribution >= 4 is 39.8 Å². The zero-order valence-electron chi connectivity index (χ0n) is 16.4. The lowest BCUT2D eigenvalue weighted by atomic mass is 10.1. The molecule has 0 radical (unpaired) electrons. The molecule has 5 aromatic rings.